The lowest BCUT2D eigenvalue weighted by molar-refractivity contribution is -0.299. The quantitative estimate of drug-likeness (QED) is 0.519. The Morgan fingerprint density at radius 3 is 2.33 bits per heavy atom. The van der Waals surface area contributed by atoms with Crippen LogP contribution in [0, 0.1) is 0 Å². The van der Waals surface area contributed by atoms with Crippen molar-refractivity contribution in [2.45, 2.75) is 63.4 Å². The van der Waals surface area contributed by atoms with Crippen LogP contribution in [0.4, 0.5) is 0 Å². The molecule has 2 aliphatic rings. The number of benzene rings is 2. The number of halogens is 1. The van der Waals surface area contributed by atoms with Crippen molar-refractivity contribution < 1.29 is 29.5 Å². The van der Waals surface area contributed by atoms with Crippen LogP contribution < -0.4 is 0 Å². The topological polar surface area (TPSA) is 88.4 Å². The van der Waals surface area contributed by atoms with Crippen LogP contribution in [0.5, 0.6) is 5.75 Å². The number of aromatic hydroxyl groups is 1. The highest BCUT2D eigenvalue weighted by Crippen LogP contribution is 2.44. The van der Waals surface area contributed by atoms with Crippen molar-refractivity contribution in [1.82, 2.24) is 0 Å². The first-order valence-electron chi connectivity index (χ1n) is 11.6. The molecule has 7 heteroatoms. The fraction of sp³-hybridized carbons (Fsp3) is 0.538. The first-order valence-corrected chi connectivity index (χ1v) is 12.4. The molecule has 2 fully saturated rings. The minimum atomic E-state index is -1.31. The summed E-state index contributed by atoms with van der Waals surface area (Å²) in [6.45, 7) is 3.90. The molecule has 0 radical (unpaired) electrons. The number of rotatable bonds is 6. The Labute approximate surface area is 204 Å². The van der Waals surface area contributed by atoms with E-state index in [0.717, 1.165) is 35.2 Å². The summed E-state index contributed by atoms with van der Waals surface area (Å²) in [5, 5.41) is 30.4. The van der Waals surface area contributed by atoms with Gasteiger partial charge in [0.15, 0.2) is 0 Å². The van der Waals surface area contributed by atoms with E-state index in [0.29, 0.717) is 18.4 Å². The van der Waals surface area contributed by atoms with Crippen LogP contribution in [0.3, 0.4) is 0 Å². The van der Waals surface area contributed by atoms with E-state index in [1.54, 1.807) is 6.07 Å². The fourth-order valence-electron chi connectivity index (χ4n) is 4.26. The maximum absolute atomic E-state index is 10.6. The highest BCUT2D eigenvalue weighted by molar-refractivity contribution is 9.10. The molecule has 3 N–H and O–H groups in total. The first kappa shape index (κ1) is 26.1. The number of aryl methyl sites for hydroxylation is 1. The summed E-state index contributed by atoms with van der Waals surface area (Å²) < 4.78 is 17.4. The normalized spacial score (nSPS) is 24.9. The van der Waals surface area contributed by atoms with Gasteiger partial charge in [-0.25, -0.2) is 0 Å². The van der Waals surface area contributed by atoms with Gasteiger partial charge in [0.05, 0.1) is 24.4 Å². The van der Waals surface area contributed by atoms with E-state index in [1.165, 1.54) is 25.5 Å². The summed E-state index contributed by atoms with van der Waals surface area (Å²) in [7, 11) is 1.48. The number of methoxy groups -OCH3 is 1. The van der Waals surface area contributed by atoms with E-state index < -0.39 is 18.0 Å². The minimum absolute atomic E-state index is 0.0181. The molecule has 4 rings (SSSR count). The molecule has 3 unspecified atom stereocenters. The van der Waals surface area contributed by atoms with Crippen LogP contribution in [-0.4, -0.2) is 54.5 Å². The average molecular weight is 523 g/mol. The van der Waals surface area contributed by atoms with Gasteiger partial charge < -0.3 is 29.5 Å². The van der Waals surface area contributed by atoms with Crippen LogP contribution in [0.2, 0.25) is 0 Å². The second-order valence-electron chi connectivity index (χ2n) is 8.60. The molecular formula is C26H35BrO6. The number of aliphatic hydroxyl groups excluding tert-OH is 2. The molecule has 0 bridgehead atoms. The van der Waals surface area contributed by atoms with Crippen molar-refractivity contribution in [3.05, 3.63) is 63.1 Å². The molecule has 182 valence electrons. The van der Waals surface area contributed by atoms with Gasteiger partial charge in [-0.3, -0.25) is 0 Å². The lowest BCUT2D eigenvalue weighted by Crippen LogP contribution is -2.46. The lowest BCUT2D eigenvalue weighted by atomic mass is 9.90. The van der Waals surface area contributed by atoms with Crippen molar-refractivity contribution in [2.24, 2.45) is 0 Å². The van der Waals surface area contributed by atoms with Gasteiger partial charge in [0.2, 0.25) is 5.79 Å². The molecule has 0 amide bonds. The number of hydrogen-bond acceptors (Lipinski definition) is 6. The largest absolute Gasteiger partial charge is 0.507 e. The smallest absolute Gasteiger partial charge is 0.201 e. The summed E-state index contributed by atoms with van der Waals surface area (Å²) in [5.41, 5.74) is 3.86. The Morgan fingerprint density at radius 2 is 1.79 bits per heavy atom. The van der Waals surface area contributed by atoms with E-state index in [1.807, 2.05) is 6.07 Å². The molecule has 3 atom stereocenters. The van der Waals surface area contributed by atoms with E-state index in [9.17, 15) is 15.3 Å². The van der Waals surface area contributed by atoms with Gasteiger partial charge in [-0.15, -0.1) is 0 Å². The summed E-state index contributed by atoms with van der Waals surface area (Å²) in [6, 6.07) is 11.9. The summed E-state index contributed by atoms with van der Waals surface area (Å²) in [4.78, 5) is 0. The molecule has 2 aromatic carbocycles. The molecule has 0 aliphatic carbocycles. The van der Waals surface area contributed by atoms with Gasteiger partial charge in [0, 0.05) is 37.6 Å². The van der Waals surface area contributed by atoms with Gasteiger partial charge in [0.25, 0.3) is 0 Å². The van der Waals surface area contributed by atoms with Crippen molar-refractivity contribution >= 4 is 15.9 Å². The molecule has 0 spiro atoms. The fourth-order valence-corrected chi connectivity index (χ4v) is 4.73. The monoisotopic (exact) mass is 522 g/mol. The predicted octanol–water partition coefficient (Wildman–Crippen LogP) is 4.44. The maximum atomic E-state index is 10.6. The van der Waals surface area contributed by atoms with Gasteiger partial charge in [0.1, 0.15) is 5.75 Å². The SMILES string of the molecule is C1CCOC1.CCc1ccc(Cc2cc(C3(OC)CC(O)CC(CO)O3)c(O)cc2Br)cc1. The Kier molecular flexibility index (Phi) is 9.73. The zero-order valence-corrected chi connectivity index (χ0v) is 21.0. The second-order valence-corrected chi connectivity index (χ2v) is 9.45. The minimum Gasteiger partial charge on any atom is -0.507 e. The van der Waals surface area contributed by atoms with E-state index >= 15 is 0 Å². The molecule has 0 saturated carbocycles. The van der Waals surface area contributed by atoms with Crippen LogP contribution in [0.15, 0.2) is 40.9 Å². The zero-order chi connectivity index (χ0) is 23.8. The third-order valence-corrected chi connectivity index (χ3v) is 6.90. The first-order chi connectivity index (χ1) is 15.9. The molecule has 2 saturated heterocycles. The third kappa shape index (κ3) is 6.78. The van der Waals surface area contributed by atoms with E-state index in [2.05, 4.69) is 47.1 Å². The number of hydrogen-bond donors (Lipinski definition) is 3. The van der Waals surface area contributed by atoms with Crippen molar-refractivity contribution in [1.29, 1.82) is 0 Å². The highest BCUT2D eigenvalue weighted by atomic mass is 79.9. The summed E-state index contributed by atoms with van der Waals surface area (Å²) in [6.07, 6.45) is 3.48. The molecule has 2 aliphatic heterocycles. The standard InChI is InChI=1S/C22H27BrO5.C4H8O/c1-3-14-4-6-15(7-5-14)8-16-9-19(21(26)11-20(16)23)22(27-2)12-17(25)10-18(13-24)28-22;1-2-4-5-3-1/h4-7,9,11,17-18,24-26H,3,8,10,12-13H2,1-2H3;1-4H2. The molecule has 0 aromatic heterocycles. The molecule has 6 nitrogen and oxygen atoms in total. The number of aliphatic hydroxyl groups is 2. The van der Waals surface area contributed by atoms with Crippen molar-refractivity contribution in [3.8, 4) is 5.75 Å². The van der Waals surface area contributed by atoms with Gasteiger partial charge in [-0.1, -0.05) is 47.1 Å². The third-order valence-electron chi connectivity index (χ3n) is 6.16. The highest BCUT2D eigenvalue weighted by Gasteiger charge is 2.44. The zero-order valence-electron chi connectivity index (χ0n) is 19.4. The average Bonchev–Trinajstić information content (AvgIpc) is 3.41. The molecular weight excluding hydrogens is 488 g/mol. The second kappa shape index (κ2) is 12.3. The van der Waals surface area contributed by atoms with Gasteiger partial charge >= 0.3 is 0 Å². The number of ether oxygens (including phenoxy) is 3. The van der Waals surface area contributed by atoms with Crippen molar-refractivity contribution in [2.75, 3.05) is 26.9 Å². The van der Waals surface area contributed by atoms with Gasteiger partial charge in [-0.05, 0) is 54.5 Å². The predicted molar refractivity (Wildman–Crippen MR) is 130 cm³/mol. The van der Waals surface area contributed by atoms with Crippen LogP contribution >= 0.6 is 15.9 Å². The molecule has 2 heterocycles. The lowest BCUT2D eigenvalue weighted by Gasteiger charge is -2.42. The molecule has 2 aromatic rings. The summed E-state index contributed by atoms with van der Waals surface area (Å²) >= 11 is 3.54. The van der Waals surface area contributed by atoms with E-state index in [-0.39, 0.29) is 18.8 Å². The van der Waals surface area contributed by atoms with Gasteiger partial charge in [-0.2, -0.15) is 0 Å². The summed E-state index contributed by atoms with van der Waals surface area (Å²) in [5.74, 6) is -1.29. The number of phenolic OH excluding ortho intramolecular Hbond substituents is 1. The maximum Gasteiger partial charge on any atom is 0.201 e. The Morgan fingerprint density at radius 1 is 1.12 bits per heavy atom. The van der Waals surface area contributed by atoms with Crippen molar-refractivity contribution in [3.63, 3.8) is 0 Å². The molecule has 33 heavy (non-hydrogen) atoms. The Hall–Kier alpha value is -1.48. The van der Waals surface area contributed by atoms with Crippen LogP contribution in [0.25, 0.3) is 0 Å². The van der Waals surface area contributed by atoms with Crippen LogP contribution in [-0.2, 0) is 32.8 Å². The van der Waals surface area contributed by atoms with Crippen LogP contribution in [0.1, 0.15) is 54.9 Å². The van der Waals surface area contributed by atoms with E-state index in [4.69, 9.17) is 14.2 Å². The number of phenols is 1. The Balaban J connectivity index is 0.000000541. The Bertz CT molecular complexity index is 875.